The number of carbonyl (C=O) groups excluding carboxylic acids is 1. The first kappa shape index (κ1) is 11.4. The Morgan fingerprint density at radius 3 is 2.64 bits per heavy atom. The number of amides is 1. The van der Waals surface area contributed by atoms with Crippen molar-refractivity contribution in [3.63, 3.8) is 0 Å². The first-order valence-corrected chi connectivity index (χ1v) is 4.77. The summed E-state index contributed by atoms with van der Waals surface area (Å²) in [6.07, 6.45) is 1.52. The molecule has 0 spiro atoms. The quantitative estimate of drug-likeness (QED) is 0.615. The van der Waals surface area contributed by atoms with Crippen LogP contribution >= 0.6 is 0 Å². The molecule has 1 unspecified atom stereocenters. The van der Waals surface area contributed by atoms with Crippen molar-refractivity contribution in [1.82, 2.24) is 5.32 Å². The van der Waals surface area contributed by atoms with E-state index in [4.69, 9.17) is 15.2 Å². The zero-order valence-electron chi connectivity index (χ0n) is 8.66. The molecule has 1 saturated carbocycles. The summed E-state index contributed by atoms with van der Waals surface area (Å²) in [5.41, 5.74) is 5.36. The van der Waals surface area contributed by atoms with Gasteiger partial charge in [0.15, 0.2) is 0 Å². The molecule has 0 aromatic carbocycles. The van der Waals surface area contributed by atoms with Crippen LogP contribution in [0.2, 0.25) is 0 Å². The standard InChI is InChI=1S/C9H18N2O3/c1-13-7-3-6(4-7)11-9(12)8(5-10)14-2/h6-8H,3-5,10H2,1-2H3,(H,11,12). The second-order valence-corrected chi connectivity index (χ2v) is 3.49. The molecule has 1 rings (SSSR count). The minimum Gasteiger partial charge on any atom is -0.381 e. The van der Waals surface area contributed by atoms with E-state index in [2.05, 4.69) is 5.32 Å². The zero-order chi connectivity index (χ0) is 10.6. The Balaban J connectivity index is 2.21. The van der Waals surface area contributed by atoms with Gasteiger partial charge in [0, 0.05) is 26.8 Å². The van der Waals surface area contributed by atoms with Gasteiger partial charge in [0.1, 0.15) is 6.10 Å². The summed E-state index contributed by atoms with van der Waals surface area (Å²) in [6, 6.07) is 0.219. The smallest absolute Gasteiger partial charge is 0.250 e. The molecule has 5 heteroatoms. The van der Waals surface area contributed by atoms with Gasteiger partial charge >= 0.3 is 0 Å². The van der Waals surface area contributed by atoms with Gasteiger partial charge in [0.2, 0.25) is 0 Å². The first-order valence-electron chi connectivity index (χ1n) is 4.77. The number of nitrogens with two attached hydrogens (primary N) is 1. The van der Waals surface area contributed by atoms with Crippen LogP contribution in [0.1, 0.15) is 12.8 Å². The van der Waals surface area contributed by atoms with Crippen molar-refractivity contribution in [3.05, 3.63) is 0 Å². The van der Waals surface area contributed by atoms with E-state index >= 15 is 0 Å². The Bertz CT molecular complexity index is 188. The number of methoxy groups -OCH3 is 2. The number of hydrogen-bond acceptors (Lipinski definition) is 4. The molecule has 5 nitrogen and oxygen atoms in total. The van der Waals surface area contributed by atoms with E-state index in [1.807, 2.05) is 0 Å². The summed E-state index contributed by atoms with van der Waals surface area (Å²) in [5, 5.41) is 2.86. The molecule has 1 aliphatic rings. The van der Waals surface area contributed by atoms with Crippen LogP contribution in [-0.4, -0.2) is 44.9 Å². The van der Waals surface area contributed by atoms with Gasteiger partial charge in [-0.3, -0.25) is 4.79 Å². The highest BCUT2D eigenvalue weighted by molar-refractivity contribution is 5.81. The van der Waals surface area contributed by atoms with Gasteiger partial charge in [-0.15, -0.1) is 0 Å². The molecule has 0 radical (unpaired) electrons. The van der Waals surface area contributed by atoms with Crippen LogP contribution in [0.3, 0.4) is 0 Å². The maximum absolute atomic E-state index is 11.4. The summed E-state index contributed by atoms with van der Waals surface area (Å²) in [6.45, 7) is 0.211. The number of rotatable bonds is 5. The van der Waals surface area contributed by atoms with Crippen molar-refractivity contribution in [3.8, 4) is 0 Å². The Kier molecular flexibility index (Phi) is 4.31. The van der Waals surface area contributed by atoms with Crippen LogP contribution in [0.15, 0.2) is 0 Å². The molecule has 3 N–H and O–H groups in total. The van der Waals surface area contributed by atoms with E-state index in [9.17, 15) is 4.79 Å². The predicted octanol–water partition coefficient (Wildman–Crippen LogP) is -0.746. The monoisotopic (exact) mass is 202 g/mol. The van der Waals surface area contributed by atoms with Gasteiger partial charge in [-0.2, -0.15) is 0 Å². The van der Waals surface area contributed by atoms with Gasteiger partial charge < -0.3 is 20.5 Å². The Labute approximate surface area is 83.9 Å². The van der Waals surface area contributed by atoms with Crippen molar-refractivity contribution in [2.24, 2.45) is 5.73 Å². The van der Waals surface area contributed by atoms with E-state index in [0.717, 1.165) is 12.8 Å². The van der Waals surface area contributed by atoms with E-state index in [1.54, 1.807) is 7.11 Å². The van der Waals surface area contributed by atoms with E-state index < -0.39 is 6.10 Å². The van der Waals surface area contributed by atoms with Crippen LogP contribution < -0.4 is 11.1 Å². The Morgan fingerprint density at radius 2 is 2.21 bits per heavy atom. The molecule has 0 heterocycles. The highest BCUT2D eigenvalue weighted by atomic mass is 16.5. The lowest BCUT2D eigenvalue weighted by Gasteiger charge is -2.35. The molecule has 0 aromatic rings. The van der Waals surface area contributed by atoms with Gasteiger partial charge in [-0.1, -0.05) is 0 Å². The van der Waals surface area contributed by atoms with Crippen LogP contribution in [0.4, 0.5) is 0 Å². The molecule has 0 aliphatic heterocycles. The number of hydrogen-bond donors (Lipinski definition) is 2. The van der Waals surface area contributed by atoms with Crippen LogP contribution in [0, 0.1) is 0 Å². The minimum atomic E-state index is -0.531. The fraction of sp³-hybridized carbons (Fsp3) is 0.889. The molecule has 0 saturated heterocycles. The molecular weight excluding hydrogens is 184 g/mol. The summed E-state index contributed by atoms with van der Waals surface area (Å²) in [4.78, 5) is 11.4. The van der Waals surface area contributed by atoms with Gasteiger partial charge in [-0.25, -0.2) is 0 Å². The van der Waals surface area contributed by atoms with E-state index in [1.165, 1.54) is 7.11 Å². The fourth-order valence-electron chi connectivity index (χ4n) is 1.48. The third-order valence-electron chi connectivity index (χ3n) is 2.57. The lowest BCUT2D eigenvalue weighted by molar-refractivity contribution is -0.132. The van der Waals surface area contributed by atoms with Crippen molar-refractivity contribution >= 4 is 5.91 Å². The highest BCUT2D eigenvalue weighted by Crippen LogP contribution is 2.22. The van der Waals surface area contributed by atoms with Crippen molar-refractivity contribution in [2.45, 2.75) is 31.1 Å². The average Bonchev–Trinajstić information content (AvgIpc) is 2.12. The summed E-state index contributed by atoms with van der Waals surface area (Å²) in [7, 11) is 3.16. The SMILES string of the molecule is COC1CC(NC(=O)C(CN)OC)C1. The molecule has 1 amide bonds. The van der Waals surface area contributed by atoms with Crippen molar-refractivity contribution in [2.75, 3.05) is 20.8 Å². The van der Waals surface area contributed by atoms with Gasteiger partial charge in [0.05, 0.1) is 6.10 Å². The largest absolute Gasteiger partial charge is 0.381 e. The maximum Gasteiger partial charge on any atom is 0.250 e. The highest BCUT2D eigenvalue weighted by Gasteiger charge is 2.31. The fourth-order valence-corrected chi connectivity index (χ4v) is 1.48. The molecule has 14 heavy (non-hydrogen) atoms. The summed E-state index contributed by atoms with van der Waals surface area (Å²) < 4.78 is 10.0. The van der Waals surface area contributed by atoms with Gasteiger partial charge in [-0.05, 0) is 12.8 Å². The summed E-state index contributed by atoms with van der Waals surface area (Å²) in [5.74, 6) is -0.130. The topological polar surface area (TPSA) is 73.6 Å². The molecule has 0 bridgehead atoms. The molecular formula is C9H18N2O3. The molecule has 1 aliphatic carbocycles. The molecule has 1 fully saturated rings. The van der Waals surface area contributed by atoms with Crippen LogP contribution in [-0.2, 0) is 14.3 Å². The minimum absolute atomic E-state index is 0.130. The predicted molar refractivity (Wildman–Crippen MR) is 51.8 cm³/mol. The lowest BCUT2D eigenvalue weighted by atomic mass is 9.89. The summed E-state index contributed by atoms with van der Waals surface area (Å²) >= 11 is 0. The third-order valence-corrected chi connectivity index (χ3v) is 2.57. The first-order chi connectivity index (χ1) is 6.71. The maximum atomic E-state index is 11.4. The Hall–Kier alpha value is -0.650. The lowest BCUT2D eigenvalue weighted by Crippen LogP contribution is -2.52. The van der Waals surface area contributed by atoms with Crippen molar-refractivity contribution in [1.29, 1.82) is 0 Å². The normalized spacial score (nSPS) is 27.9. The number of nitrogens with one attached hydrogen (secondary N) is 1. The molecule has 1 atom stereocenters. The second-order valence-electron chi connectivity index (χ2n) is 3.49. The zero-order valence-corrected chi connectivity index (χ0v) is 8.66. The third kappa shape index (κ3) is 2.67. The molecule has 82 valence electrons. The van der Waals surface area contributed by atoms with E-state index in [0.29, 0.717) is 6.10 Å². The Morgan fingerprint density at radius 1 is 1.57 bits per heavy atom. The second kappa shape index (κ2) is 5.29. The number of carbonyl (C=O) groups is 1. The van der Waals surface area contributed by atoms with Crippen molar-refractivity contribution < 1.29 is 14.3 Å². The number of ether oxygens (including phenoxy) is 2. The van der Waals surface area contributed by atoms with Crippen LogP contribution in [0.5, 0.6) is 0 Å². The molecule has 0 aromatic heterocycles. The van der Waals surface area contributed by atoms with Gasteiger partial charge in [0.25, 0.3) is 5.91 Å². The van der Waals surface area contributed by atoms with Crippen LogP contribution in [0.25, 0.3) is 0 Å². The van der Waals surface area contributed by atoms with E-state index in [-0.39, 0.29) is 18.5 Å². The average molecular weight is 202 g/mol.